The highest BCUT2D eigenvalue weighted by Gasteiger charge is 2.23. The predicted octanol–water partition coefficient (Wildman–Crippen LogP) is 4.69. The number of H-pyrrole nitrogens is 1. The van der Waals surface area contributed by atoms with Gasteiger partial charge in [-0.15, -0.1) is 0 Å². The maximum atomic E-state index is 5.58. The summed E-state index contributed by atoms with van der Waals surface area (Å²) in [6.07, 6.45) is 4.05. The SMILES string of the molecule is CC(CN(C)Cc1c(C2CCOCC2)[nH]c2ncccc12)c1ccccc1. The third-order valence-electron chi connectivity index (χ3n) is 5.72. The average molecular weight is 364 g/mol. The van der Waals surface area contributed by atoms with Gasteiger partial charge in [-0.05, 0) is 49.1 Å². The van der Waals surface area contributed by atoms with Crippen molar-refractivity contribution in [3.8, 4) is 0 Å². The number of ether oxygens (including phenoxy) is 1. The molecule has 2 aromatic heterocycles. The molecule has 142 valence electrons. The maximum absolute atomic E-state index is 5.58. The number of aromatic amines is 1. The highest BCUT2D eigenvalue weighted by molar-refractivity contribution is 5.81. The van der Waals surface area contributed by atoms with Crippen molar-refractivity contribution >= 4 is 11.0 Å². The van der Waals surface area contributed by atoms with Gasteiger partial charge in [0.15, 0.2) is 0 Å². The Morgan fingerprint density at radius 1 is 1.15 bits per heavy atom. The molecule has 4 rings (SSSR count). The molecule has 1 N–H and O–H groups in total. The Kier molecular flexibility index (Phi) is 5.55. The van der Waals surface area contributed by atoms with Crippen molar-refractivity contribution in [2.24, 2.45) is 0 Å². The second-order valence-electron chi connectivity index (χ2n) is 7.81. The van der Waals surface area contributed by atoms with Crippen LogP contribution < -0.4 is 0 Å². The largest absolute Gasteiger partial charge is 0.381 e. The predicted molar refractivity (Wildman–Crippen MR) is 110 cm³/mol. The van der Waals surface area contributed by atoms with E-state index in [0.29, 0.717) is 11.8 Å². The van der Waals surface area contributed by atoms with Gasteiger partial charge < -0.3 is 14.6 Å². The lowest BCUT2D eigenvalue weighted by molar-refractivity contribution is 0.0843. The van der Waals surface area contributed by atoms with Crippen molar-refractivity contribution in [2.45, 2.75) is 38.1 Å². The molecule has 3 heterocycles. The molecule has 1 aromatic carbocycles. The molecule has 4 heteroatoms. The summed E-state index contributed by atoms with van der Waals surface area (Å²) in [5, 5.41) is 1.26. The summed E-state index contributed by atoms with van der Waals surface area (Å²) in [5.74, 6) is 1.05. The monoisotopic (exact) mass is 363 g/mol. The Balaban J connectivity index is 1.56. The van der Waals surface area contributed by atoms with E-state index in [-0.39, 0.29) is 0 Å². The lowest BCUT2D eigenvalue weighted by atomic mass is 9.93. The van der Waals surface area contributed by atoms with Gasteiger partial charge in [0.1, 0.15) is 5.65 Å². The molecule has 1 atom stereocenters. The van der Waals surface area contributed by atoms with Crippen LogP contribution in [0.4, 0.5) is 0 Å². The van der Waals surface area contributed by atoms with Gasteiger partial charge >= 0.3 is 0 Å². The summed E-state index contributed by atoms with van der Waals surface area (Å²) in [4.78, 5) is 10.6. The van der Waals surface area contributed by atoms with E-state index in [9.17, 15) is 0 Å². The molecule has 1 aliphatic rings. The normalized spacial score (nSPS) is 16.9. The second-order valence-corrected chi connectivity index (χ2v) is 7.81. The minimum atomic E-state index is 0.506. The highest BCUT2D eigenvalue weighted by Crippen LogP contribution is 2.33. The van der Waals surface area contributed by atoms with Gasteiger partial charge in [0, 0.05) is 49.5 Å². The van der Waals surface area contributed by atoms with E-state index in [1.165, 1.54) is 22.2 Å². The molecule has 1 unspecified atom stereocenters. The summed E-state index contributed by atoms with van der Waals surface area (Å²) in [6.45, 7) is 5.99. The molecule has 0 spiro atoms. The number of hydrogen-bond donors (Lipinski definition) is 1. The van der Waals surface area contributed by atoms with Crippen molar-refractivity contribution in [3.05, 3.63) is 65.5 Å². The molecular weight excluding hydrogens is 334 g/mol. The average Bonchev–Trinajstić information content (AvgIpc) is 3.08. The van der Waals surface area contributed by atoms with Gasteiger partial charge in [-0.25, -0.2) is 4.98 Å². The zero-order valence-corrected chi connectivity index (χ0v) is 16.3. The third kappa shape index (κ3) is 4.07. The number of nitrogens with zero attached hydrogens (tertiary/aromatic N) is 2. The number of benzene rings is 1. The van der Waals surface area contributed by atoms with Crippen molar-refractivity contribution in [1.29, 1.82) is 0 Å². The van der Waals surface area contributed by atoms with E-state index >= 15 is 0 Å². The van der Waals surface area contributed by atoms with E-state index in [0.717, 1.165) is 44.8 Å². The quantitative estimate of drug-likeness (QED) is 0.690. The molecule has 0 aliphatic carbocycles. The number of hydrogen-bond acceptors (Lipinski definition) is 3. The summed E-state index contributed by atoms with van der Waals surface area (Å²) < 4.78 is 5.58. The summed E-state index contributed by atoms with van der Waals surface area (Å²) >= 11 is 0. The molecule has 27 heavy (non-hydrogen) atoms. The van der Waals surface area contributed by atoms with Crippen LogP contribution in [-0.4, -0.2) is 41.7 Å². The van der Waals surface area contributed by atoms with Crippen LogP contribution in [0.2, 0.25) is 0 Å². The molecule has 0 bridgehead atoms. The van der Waals surface area contributed by atoms with Crippen LogP contribution >= 0.6 is 0 Å². The molecule has 1 fully saturated rings. The van der Waals surface area contributed by atoms with Crippen LogP contribution in [0, 0.1) is 0 Å². The molecule has 0 saturated carbocycles. The van der Waals surface area contributed by atoms with Gasteiger partial charge in [-0.2, -0.15) is 0 Å². The molecule has 1 saturated heterocycles. The number of pyridine rings is 1. The Morgan fingerprint density at radius 3 is 2.70 bits per heavy atom. The molecule has 3 aromatic rings. The fourth-order valence-corrected chi connectivity index (χ4v) is 4.29. The number of likely N-dealkylation sites (N-methyl/N-ethyl adjacent to an activating group) is 1. The fourth-order valence-electron chi connectivity index (χ4n) is 4.29. The topological polar surface area (TPSA) is 41.1 Å². The van der Waals surface area contributed by atoms with Gasteiger partial charge in [-0.1, -0.05) is 37.3 Å². The van der Waals surface area contributed by atoms with Gasteiger partial charge in [0.2, 0.25) is 0 Å². The first-order valence-electron chi connectivity index (χ1n) is 9.99. The summed E-state index contributed by atoms with van der Waals surface area (Å²) in [6, 6.07) is 15.0. The number of nitrogens with one attached hydrogen (secondary N) is 1. The second kappa shape index (κ2) is 8.24. The van der Waals surface area contributed by atoms with Crippen molar-refractivity contribution in [1.82, 2.24) is 14.9 Å². The van der Waals surface area contributed by atoms with E-state index in [1.807, 2.05) is 12.3 Å². The zero-order valence-electron chi connectivity index (χ0n) is 16.3. The summed E-state index contributed by atoms with van der Waals surface area (Å²) in [7, 11) is 2.22. The lowest BCUT2D eigenvalue weighted by Gasteiger charge is -2.25. The maximum Gasteiger partial charge on any atom is 0.137 e. The van der Waals surface area contributed by atoms with Crippen LogP contribution in [-0.2, 0) is 11.3 Å². The van der Waals surface area contributed by atoms with Gasteiger partial charge in [-0.3, -0.25) is 0 Å². The van der Waals surface area contributed by atoms with E-state index in [4.69, 9.17) is 4.74 Å². The Bertz CT molecular complexity index is 868. The van der Waals surface area contributed by atoms with Crippen molar-refractivity contribution < 1.29 is 4.74 Å². The standard InChI is InChI=1S/C23H29N3O/c1-17(18-7-4-3-5-8-18)15-26(2)16-21-20-9-6-12-24-23(20)25-22(21)19-10-13-27-14-11-19/h3-9,12,17,19H,10-11,13-16H2,1-2H3,(H,24,25). The first kappa shape index (κ1) is 18.2. The smallest absolute Gasteiger partial charge is 0.137 e. The van der Waals surface area contributed by atoms with Crippen LogP contribution in [0.5, 0.6) is 0 Å². The fraction of sp³-hybridized carbons (Fsp3) is 0.435. The van der Waals surface area contributed by atoms with E-state index in [2.05, 4.69) is 65.2 Å². The van der Waals surface area contributed by atoms with Crippen molar-refractivity contribution in [3.63, 3.8) is 0 Å². The van der Waals surface area contributed by atoms with Crippen LogP contribution in [0.25, 0.3) is 11.0 Å². The molecule has 0 radical (unpaired) electrons. The number of fused-ring (bicyclic) bond motifs is 1. The Labute approximate surface area is 161 Å². The molecule has 1 aliphatic heterocycles. The number of aromatic nitrogens is 2. The van der Waals surface area contributed by atoms with Gasteiger partial charge in [0.25, 0.3) is 0 Å². The zero-order chi connectivity index (χ0) is 18.6. The minimum absolute atomic E-state index is 0.506. The molecule has 0 amide bonds. The minimum Gasteiger partial charge on any atom is -0.381 e. The van der Waals surface area contributed by atoms with Crippen molar-refractivity contribution in [2.75, 3.05) is 26.8 Å². The Morgan fingerprint density at radius 2 is 1.93 bits per heavy atom. The molecule has 4 nitrogen and oxygen atoms in total. The van der Waals surface area contributed by atoms with Crippen LogP contribution in [0.3, 0.4) is 0 Å². The van der Waals surface area contributed by atoms with E-state index in [1.54, 1.807) is 0 Å². The van der Waals surface area contributed by atoms with Crippen LogP contribution in [0.1, 0.15) is 48.4 Å². The first-order valence-corrected chi connectivity index (χ1v) is 9.99. The summed E-state index contributed by atoms with van der Waals surface area (Å²) in [5.41, 5.74) is 5.19. The van der Waals surface area contributed by atoms with E-state index < -0.39 is 0 Å². The Hall–Kier alpha value is -2.17. The van der Waals surface area contributed by atoms with Gasteiger partial charge in [0.05, 0.1) is 0 Å². The third-order valence-corrected chi connectivity index (χ3v) is 5.72. The highest BCUT2D eigenvalue weighted by atomic mass is 16.5. The first-order chi connectivity index (χ1) is 13.2. The molecular formula is C23H29N3O. The number of rotatable bonds is 6. The van der Waals surface area contributed by atoms with Crippen LogP contribution in [0.15, 0.2) is 48.7 Å². The lowest BCUT2D eigenvalue weighted by Crippen LogP contribution is -2.24.